The maximum absolute atomic E-state index is 11.7. The van der Waals surface area contributed by atoms with Crippen molar-refractivity contribution >= 4 is 6.09 Å². The maximum atomic E-state index is 11.7. The van der Waals surface area contributed by atoms with E-state index in [2.05, 4.69) is 55.0 Å². The number of carbonyl (C=O) groups is 1. The smallest absolute Gasteiger partial charge is 0.407 e. The highest BCUT2D eigenvalue weighted by molar-refractivity contribution is 5.67. The zero-order valence-corrected chi connectivity index (χ0v) is 22.7. The Morgan fingerprint density at radius 2 is 1.72 bits per heavy atom. The fourth-order valence-electron chi connectivity index (χ4n) is 4.65. The van der Waals surface area contributed by atoms with Gasteiger partial charge >= 0.3 is 6.09 Å². The van der Waals surface area contributed by atoms with Crippen LogP contribution >= 0.6 is 0 Å². The number of alkyl carbamates (subject to hydrolysis) is 1. The SMILES string of the molecule is C=CCOC(=O)NCc1ccc(C2OC(CN(C)C(C)c3ccccc3)CC(c3ccc(CO)cc3)O2)cc1. The number of aliphatic hydroxyl groups is 1. The molecule has 0 saturated carbocycles. The van der Waals surface area contributed by atoms with Crippen molar-refractivity contribution in [2.45, 2.75) is 51.0 Å². The average Bonchev–Trinajstić information content (AvgIpc) is 2.99. The maximum Gasteiger partial charge on any atom is 0.407 e. The molecule has 1 aliphatic rings. The largest absolute Gasteiger partial charge is 0.445 e. The van der Waals surface area contributed by atoms with E-state index in [0.29, 0.717) is 6.54 Å². The van der Waals surface area contributed by atoms with Crippen LogP contribution in [-0.2, 0) is 27.4 Å². The molecule has 7 nitrogen and oxygen atoms in total. The molecule has 4 unspecified atom stereocenters. The van der Waals surface area contributed by atoms with Crippen LogP contribution in [-0.4, -0.2) is 42.4 Å². The molecule has 4 rings (SSSR count). The van der Waals surface area contributed by atoms with Gasteiger partial charge < -0.3 is 24.6 Å². The normalized spacial score (nSPS) is 19.8. The number of hydrogen-bond donors (Lipinski definition) is 2. The number of rotatable bonds is 11. The summed E-state index contributed by atoms with van der Waals surface area (Å²) in [7, 11) is 2.12. The van der Waals surface area contributed by atoms with Gasteiger partial charge in [0.2, 0.25) is 0 Å². The summed E-state index contributed by atoms with van der Waals surface area (Å²) in [5.41, 5.74) is 5.04. The molecule has 39 heavy (non-hydrogen) atoms. The number of ether oxygens (including phenoxy) is 3. The van der Waals surface area contributed by atoms with E-state index in [1.54, 1.807) is 0 Å². The van der Waals surface area contributed by atoms with Crippen LogP contribution < -0.4 is 5.32 Å². The lowest BCUT2D eigenvalue weighted by Gasteiger charge is -2.39. The zero-order chi connectivity index (χ0) is 27.6. The van der Waals surface area contributed by atoms with Gasteiger partial charge in [-0.15, -0.1) is 0 Å². The van der Waals surface area contributed by atoms with E-state index in [1.165, 1.54) is 11.6 Å². The van der Waals surface area contributed by atoms with Crippen molar-refractivity contribution in [1.29, 1.82) is 0 Å². The molecule has 1 saturated heterocycles. The van der Waals surface area contributed by atoms with Crippen molar-refractivity contribution in [1.82, 2.24) is 10.2 Å². The number of likely N-dealkylation sites (N-methyl/N-ethyl adjacent to an activating group) is 1. The third-order valence-corrected chi connectivity index (χ3v) is 7.07. The zero-order valence-electron chi connectivity index (χ0n) is 22.7. The predicted octanol–water partition coefficient (Wildman–Crippen LogP) is 5.83. The van der Waals surface area contributed by atoms with Gasteiger partial charge in [0.05, 0.1) is 18.8 Å². The molecule has 3 aromatic rings. The lowest BCUT2D eigenvalue weighted by atomic mass is 9.99. The van der Waals surface area contributed by atoms with Crippen LogP contribution in [0.2, 0.25) is 0 Å². The second-order valence-electron chi connectivity index (χ2n) is 9.86. The van der Waals surface area contributed by atoms with E-state index in [4.69, 9.17) is 14.2 Å². The number of aliphatic hydroxyl groups excluding tert-OH is 1. The molecule has 0 spiro atoms. The Hall–Kier alpha value is -3.49. The molecule has 0 aliphatic carbocycles. The highest BCUT2D eigenvalue weighted by Crippen LogP contribution is 2.38. The highest BCUT2D eigenvalue weighted by Gasteiger charge is 2.33. The first-order valence-electron chi connectivity index (χ1n) is 13.3. The van der Waals surface area contributed by atoms with Crippen molar-refractivity contribution in [3.8, 4) is 0 Å². The minimum Gasteiger partial charge on any atom is -0.445 e. The summed E-state index contributed by atoms with van der Waals surface area (Å²) in [6.45, 7) is 7.03. The Morgan fingerprint density at radius 3 is 2.38 bits per heavy atom. The van der Waals surface area contributed by atoms with E-state index >= 15 is 0 Å². The molecule has 0 radical (unpaired) electrons. The van der Waals surface area contributed by atoms with Gasteiger partial charge in [-0.1, -0.05) is 91.5 Å². The Kier molecular flexibility index (Phi) is 10.3. The van der Waals surface area contributed by atoms with Crippen molar-refractivity contribution in [2.24, 2.45) is 0 Å². The van der Waals surface area contributed by atoms with Gasteiger partial charge in [0.25, 0.3) is 0 Å². The molecule has 206 valence electrons. The van der Waals surface area contributed by atoms with Crippen molar-refractivity contribution in [3.63, 3.8) is 0 Å². The van der Waals surface area contributed by atoms with Crippen LogP contribution in [0.4, 0.5) is 4.79 Å². The molecule has 1 heterocycles. The summed E-state index contributed by atoms with van der Waals surface area (Å²) in [6.07, 6.45) is 1.03. The molecular formula is C32H38N2O5. The fraction of sp³-hybridized carbons (Fsp3) is 0.344. The van der Waals surface area contributed by atoms with Gasteiger partial charge in [-0.3, -0.25) is 4.90 Å². The van der Waals surface area contributed by atoms with E-state index in [0.717, 1.165) is 35.2 Å². The van der Waals surface area contributed by atoms with Crippen molar-refractivity contribution in [2.75, 3.05) is 20.2 Å². The quantitative estimate of drug-likeness (QED) is 0.304. The third kappa shape index (κ3) is 8.00. The third-order valence-electron chi connectivity index (χ3n) is 7.07. The van der Waals surface area contributed by atoms with E-state index in [9.17, 15) is 9.90 Å². The first-order chi connectivity index (χ1) is 19.0. The molecule has 7 heteroatoms. The summed E-state index contributed by atoms with van der Waals surface area (Å²) in [5.74, 6) is 0. The van der Waals surface area contributed by atoms with Gasteiger partial charge in [0.15, 0.2) is 6.29 Å². The number of amides is 1. The molecular weight excluding hydrogens is 492 g/mol. The van der Waals surface area contributed by atoms with Crippen LogP contribution in [0.25, 0.3) is 0 Å². The second-order valence-corrected chi connectivity index (χ2v) is 9.86. The monoisotopic (exact) mass is 530 g/mol. The number of nitrogens with zero attached hydrogens (tertiary/aromatic N) is 1. The summed E-state index contributed by atoms with van der Waals surface area (Å²) >= 11 is 0. The summed E-state index contributed by atoms with van der Waals surface area (Å²) in [4.78, 5) is 14.0. The van der Waals surface area contributed by atoms with Crippen molar-refractivity contribution < 1.29 is 24.1 Å². The molecule has 3 aromatic carbocycles. The molecule has 2 N–H and O–H groups in total. The number of hydrogen-bond acceptors (Lipinski definition) is 6. The molecule has 0 aromatic heterocycles. The summed E-state index contributed by atoms with van der Waals surface area (Å²) in [6, 6.07) is 26.5. The lowest BCUT2D eigenvalue weighted by molar-refractivity contribution is -0.253. The summed E-state index contributed by atoms with van der Waals surface area (Å²) in [5, 5.41) is 12.2. The number of benzene rings is 3. The first-order valence-corrected chi connectivity index (χ1v) is 13.3. The van der Waals surface area contributed by atoms with Crippen LogP contribution in [0, 0.1) is 0 Å². The average molecular weight is 531 g/mol. The van der Waals surface area contributed by atoms with E-state index in [1.807, 2.05) is 54.6 Å². The summed E-state index contributed by atoms with van der Waals surface area (Å²) < 4.78 is 17.9. The molecule has 4 atom stereocenters. The Morgan fingerprint density at radius 1 is 1.05 bits per heavy atom. The van der Waals surface area contributed by atoms with Gasteiger partial charge in [-0.2, -0.15) is 0 Å². The molecule has 1 amide bonds. The predicted molar refractivity (Wildman–Crippen MR) is 151 cm³/mol. The Bertz CT molecular complexity index is 1180. The molecule has 1 aliphatic heterocycles. The number of carbonyl (C=O) groups excluding carboxylic acids is 1. The molecule has 1 fully saturated rings. The van der Waals surface area contributed by atoms with Crippen molar-refractivity contribution in [3.05, 3.63) is 119 Å². The Balaban J connectivity index is 1.47. The van der Waals surface area contributed by atoms with Crippen LogP contribution in [0.15, 0.2) is 91.5 Å². The van der Waals surface area contributed by atoms with E-state index < -0.39 is 12.4 Å². The van der Waals surface area contributed by atoms with Gasteiger partial charge in [-0.25, -0.2) is 4.79 Å². The number of nitrogens with one attached hydrogen (secondary N) is 1. The highest BCUT2D eigenvalue weighted by atomic mass is 16.7. The van der Waals surface area contributed by atoms with Crippen LogP contribution in [0.1, 0.15) is 59.6 Å². The van der Waals surface area contributed by atoms with Crippen LogP contribution in [0.5, 0.6) is 0 Å². The van der Waals surface area contributed by atoms with Gasteiger partial charge in [-0.05, 0) is 36.2 Å². The van der Waals surface area contributed by atoms with Gasteiger partial charge in [0.1, 0.15) is 6.61 Å². The van der Waals surface area contributed by atoms with Gasteiger partial charge in [0, 0.05) is 31.1 Å². The topological polar surface area (TPSA) is 80.3 Å². The second kappa shape index (κ2) is 14.1. The van der Waals surface area contributed by atoms with E-state index in [-0.39, 0.29) is 31.5 Å². The Labute approximate surface area is 231 Å². The molecule has 0 bridgehead atoms. The lowest BCUT2D eigenvalue weighted by Crippen LogP contribution is -2.38. The minimum atomic E-state index is -0.536. The minimum absolute atomic E-state index is 0.00944. The van der Waals surface area contributed by atoms with Crippen LogP contribution in [0.3, 0.4) is 0 Å². The first kappa shape index (κ1) is 28.5. The fourth-order valence-corrected chi connectivity index (χ4v) is 4.65. The standard InChI is InChI=1S/C32H38N2O5/c1-4-18-37-32(36)33-20-24-10-16-28(17-11-24)31-38-29(21-34(3)23(2)26-8-6-5-7-9-26)19-30(39-31)27-14-12-25(22-35)13-15-27/h4-17,23,29-31,35H,1,18-22H2,2-3H3,(H,33,36).